The molecule has 37 heavy (non-hydrogen) atoms. The summed E-state index contributed by atoms with van der Waals surface area (Å²) in [6.07, 6.45) is 4.78. The third-order valence-electron chi connectivity index (χ3n) is 6.39. The molecule has 1 heterocycles. The summed E-state index contributed by atoms with van der Waals surface area (Å²) in [4.78, 5) is 17.2. The molecule has 0 radical (unpaired) electrons. The Balaban J connectivity index is 1.26. The average molecular weight is 583 g/mol. The monoisotopic (exact) mass is 581 g/mol. The zero-order valence-corrected chi connectivity index (χ0v) is 23.7. The molecule has 0 aliphatic rings. The molecule has 0 unspecified atom stereocenters. The second-order valence-corrected chi connectivity index (χ2v) is 10.6. The van der Waals surface area contributed by atoms with Crippen LogP contribution in [0.25, 0.3) is 11.0 Å². The fraction of sp³-hybridized carbons (Fsp3) is 0.333. The molecule has 5 nitrogen and oxygen atoms in total. The van der Waals surface area contributed by atoms with Crippen LogP contribution in [0.4, 0.5) is 0 Å². The van der Waals surface area contributed by atoms with Gasteiger partial charge in [0.1, 0.15) is 11.6 Å². The fourth-order valence-corrected chi connectivity index (χ4v) is 4.99. The van der Waals surface area contributed by atoms with Gasteiger partial charge in [-0.25, -0.2) is 4.98 Å². The van der Waals surface area contributed by atoms with E-state index in [9.17, 15) is 4.79 Å². The lowest BCUT2D eigenvalue weighted by atomic mass is 10.1. The highest BCUT2D eigenvalue weighted by molar-refractivity contribution is 9.10. The number of hydrogen-bond acceptors (Lipinski definition) is 3. The maximum atomic E-state index is 12.3. The summed E-state index contributed by atoms with van der Waals surface area (Å²) in [6.45, 7) is 6.15. The zero-order valence-electron chi connectivity index (χ0n) is 21.4. The third-order valence-corrected chi connectivity index (χ3v) is 7.48. The predicted octanol–water partition coefficient (Wildman–Crippen LogP) is 7.68. The summed E-state index contributed by atoms with van der Waals surface area (Å²) in [7, 11) is 0. The standard InChI is InChI=1S/C30H33BrClN3O2/c1-21-18-25(19-22(2)29(21)32)37-17-9-16-35-27-13-6-5-12-26(27)34-28(35)14-4-3-7-15-33-30(36)23-10-8-11-24(31)20-23/h5-6,8,10-13,18-20H,3-4,7,9,14-17H2,1-2H3,(H,33,36). The molecule has 4 rings (SSSR count). The smallest absolute Gasteiger partial charge is 0.251 e. The highest BCUT2D eigenvalue weighted by Crippen LogP contribution is 2.26. The first-order chi connectivity index (χ1) is 17.9. The van der Waals surface area contributed by atoms with Crippen LogP contribution in [0.5, 0.6) is 5.75 Å². The van der Waals surface area contributed by atoms with Gasteiger partial charge in [0.25, 0.3) is 5.91 Å². The van der Waals surface area contributed by atoms with Gasteiger partial charge in [-0.1, -0.05) is 52.2 Å². The molecule has 1 amide bonds. The number of benzene rings is 3. The number of ether oxygens (including phenoxy) is 1. The molecule has 0 fully saturated rings. The highest BCUT2D eigenvalue weighted by Gasteiger charge is 2.11. The van der Waals surface area contributed by atoms with Crippen LogP contribution >= 0.6 is 27.5 Å². The number of amides is 1. The van der Waals surface area contributed by atoms with Crippen molar-refractivity contribution in [1.29, 1.82) is 0 Å². The van der Waals surface area contributed by atoms with Crippen LogP contribution in [0, 0.1) is 13.8 Å². The number of imidazole rings is 1. The van der Waals surface area contributed by atoms with Crippen LogP contribution in [0.2, 0.25) is 5.02 Å². The van der Waals surface area contributed by atoms with E-state index in [0.717, 1.165) is 81.9 Å². The van der Waals surface area contributed by atoms with Gasteiger partial charge in [-0.3, -0.25) is 4.79 Å². The molecule has 0 spiro atoms. The van der Waals surface area contributed by atoms with Gasteiger partial charge in [0.15, 0.2) is 0 Å². The van der Waals surface area contributed by atoms with Crippen molar-refractivity contribution >= 4 is 44.5 Å². The maximum absolute atomic E-state index is 12.3. The quantitative estimate of drug-likeness (QED) is 0.174. The Morgan fingerprint density at radius 2 is 1.78 bits per heavy atom. The Hall–Kier alpha value is -2.83. The Bertz CT molecular complexity index is 1350. The van der Waals surface area contributed by atoms with Crippen molar-refractivity contribution in [1.82, 2.24) is 14.9 Å². The number of hydrogen-bond donors (Lipinski definition) is 1. The second kappa shape index (κ2) is 13.1. The Labute approximate surface area is 232 Å². The van der Waals surface area contributed by atoms with Crippen molar-refractivity contribution in [3.8, 4) is 5.75 Å². The number of nitrogens with one attached hydrogen (secondary N) is 1. The van der Waals surface area contributed by atoms with Gasteiger partial charge in [-0.15, -0.1) is 0 Å². The number of halogens is 2. The van der Waals surface area contributed by atoms with E-state index in [1.54, 1.807) is 0 Å². The lowest BCUT2D eigenvalue weighted by molar-refractivity contribution is 0.0953. The lowest BCUT2D eigenvalue weighted by Crippen LogP contribution is -2.24. The summed E-state index contributed by atoms with van der Waals surface area (Å²) < 4.78 is 9.26. The van der Waals surface area contributed by atoms with E-state index >= 15 is 0 Å². The van der Waals surface area contributed by atoms with Gasteiger partial charge < -0.3 is 14.6 Å². The molecule has 0 aliphatic heterocycles. The Kier molecular flexibility index (Phi) is 9.64. The van der Waals surface area contributed by atoms with Crippen LogP contribution in [0.15, 0.2) is 65.1 Å². The Morgan fingerprint density at radius 3 is 2.57 bits per heavy atom. The molecule has 0 bridgehead atoms. The number of aryl methyl sites for hydroxylation is 4. The van der Waals surface area contributed by atoms with E-state index in [-0.39, 0.29) is 5.91 Å². The fourth-order valence-electron chi connectivity index (χ4n) is 4.49. The van der Waals surface area contributed by atoms with Crippen LogP contribution in [-0.4, -0.2) is 28.6 Å². The van der Waals surface area contributed by atoms with Gasteiger partial charge in [-0.05, 0) is 86.7 Å². The molecule has 4 aromatic rings. The van der Waals surface area contributed by atoms with Crippen molar-refractivity contribution in [3.63, 3.8) is 0 Å². The van der Waals surface area contributed by atoms with Crippen LogP contribution < -0.4 is 10.1 Å². The molecule has 1 N–H and O–H groups in total. The van der Waals surface area contributed by atoms with E-state index in [2.05, 4.69) is 44.0 Å². The van der Waals surface area contributed by atoms with E-state index < -0.39 is 0 Å². The molecular formula is C30H33BrClN3O2. The number of para-hydroxylation sites is 2. The average Bonchev–Trinajstić information content (AvgIpc) is 3.24. The molecule has 3 aromatic carbocycles. The predicted molar refractivity (Wildman–Crippen MR) is 155 cm³/mol. The zero-order chi connectivity index (χ0) is 26.2. The number of carbonyl (C=O) groups excluding carboxylic acids is 1. The molecule has 0 atom stereocenters. The third kappa shape index (κ3) is 7.36. The molecule has 0 saturated carbocycles. The van der Waals surface area contributed by atoms with Crippen LogP contribution in [-0.2, 0) is 13.0 Å². The van der Waals surface area contributed by atoms with Gasteiger partial charge in [0, 0.05) is 34.6 Å². The second-order valence-electron chi connectivity index (χ2n) is 9.32. The first kappa shape index (κ1) is 27.2. The van der Waals surface area contributed by atoms with Gasteiger partial charge in [-0.2, -0.15) is 0 Å². The SMILES string of the molecule is Cc1cc(OCCCn2c(CCCCCNC(=O)c3cccc(Br)c3)nc3ccccc32)cc(C)c1Cl. The first-order valence-electron chi connectivity index (χ1n) is 12.8. The number of nitrogens with zero attached hydrogens (tertiary/aromatic N) is 2. The van der Waals surface area contributed by atoms with Crippen molar-refractivity contribution in [3.05, 3.63) is 92.7 Å². The topological polar surface area (TPSA) is 56.1 Å². The molecule has 1 aromatic heterocycles. The van der Waals surface area contributed by atoms with Crippen molar-refractivity contribution < 1.29 is 9.53 Å². The minimum atomic E-state index is -0.0331. The van der Waals surface area contributed by atoms with Crippen molar-refractivity contribution in [2.24, 2.45) is 0 Å². The number of rotatable bonds is 12. The number of carbonyl (C=O) groups is 1. The number of unbranched alkanes of at least 4 members (excludes halogenated alkanes) is 2. The largest absolute Gasteiger partial charge is 0.494 e. The molecular weight excluding hydrogens is 550 g/mol. The van der Waals surface area contributed by atoms with E-state index in [1.165, 1.54) is 0 Å². The number of aromatic nitrogens is 2. The van der Waals surface area contributed by atoms with Gasteiger partial charge >= 0.3 is 0 Å². The minimum absolute atomic E-state index is 0.0331. The van der Waals surface area contributed by atoms with Crippen molar-refractivity contribution in [2.45, 2.75) is 52.5 Å². The van der Waals surface area contributed by atoms with Crippen LogP contribution in [0.3, 0.4) is 0 Å². The van der Waals surface area contributed by atoms with Crippen LogP contribution in [0.1, 0.15) is 53.0 Å². The minimum Gasteiger partial charge on any atom is -0.494 e. The lowest BCUT2D eigenvalue weighted by Gasteiger charge is -2.12. The summed E-state index contributed by atoms with van der Waals surface area (Å²) >= 11 is 9.69. The van der Waals surface area contributed by atoms with Crippen molar-refractivity contribution in [2.75, 3.05) is 13.2 Å². The summed E-state index contributed by atoms with van der Waals surface area (Å²) in [5, 5.41) is 3.81. The molecule has 0 saturated heterocycles. The summed E-state index contributed by atoms with van der Waals surface area (Å²) in [5.74, 6) is 1.94. The first-order valence-corrected chi connectivity index (χ1v) is 14.0. The van der Waals surface area contributed by atoms with E-state index in [1.807, 2.05) is 56.3 Å². The molecule has 194 valence electrons. The molecule has 0 aliphatic carbocycles. The van der Waals surface area contributed by atoms with Gasteiger partial charge in [0.2, 0.25) is 0 Å². The normalized spacial score (nSPS) is 11.1. The van der Waals surface area contributed by atoms with E-state index in [4.69, 9.17) is 21.3 Å². The Morgan fingerprint density at radius 1 is 1.00 bits per heavy atom. The number of fused-ring (bicyclic) bond motifs is 1. The highest BCUT2D eigenvalue weighted by atomic mass is 79.9. The van der Waals surface area contributed by atoms with E-state index in [0.29, 0.717) is 18.7 Å². The summed E-state index contributed by atoms with van der Waals surface area (Å²) in [5.41, 5.74) is 4.94. The van der Waals surface area contributed by atoms with Gasteiger partial charge in [0.05, 0.1) is 17.6 Å². The summed E-state index contributed by atoms with van der Waals surface area (Å²) in [6, 6.07) is 19.7. The molecule has 7 heteroatoms. The maximum Gasteiger partial charge on any atom is 0.251 e.